The Morgan fingerprint density at radius 1 is 1.38 bits per heavy atom. The lowest BCUT2D eigenvalue weighted by Gasteiger charge is -2.25. The van der Waals surface area contributed by atoms with E-state index in [-0.39, 0.29) is 5.91 Å². The van der Waals surface area contributed by atoms with Crippen molar-refractivity contribution in [1.29, 1.82) is 0 Å². The van der Waals surface area contributed by atoms with E-state index in [2.05, 4.69) is 16.4 Å². The highest BCUT2D eigenvalue weighted by Crippen LogP contribution is 2.28. The molecule has 0 atom stereocenters. The van der Waals surface area contributed by atoms with Crippen LogP contribution in [0.15, 0.2) is 24.3 Å². The van der Waals surface area contributed by atoms with Crippen LogP contribution in [0.3, 0.4) is 0 Å². The van der Waals surface area contributed by atoms with Crippen LogP contribution in [0.4, 0.5) is 5.13 Å². The highest BCUT2D eigenvalue weighted by atomic mass is 32.1. The van der Waals surface area contributed by atoms with Crippen molar-refractivity contribution in [3.63, 3.8) is 0 Å². The molecule has 1 aliphatic rings. The zero-order chi connectivity index (χ0) is 11.0. The number of piperazine rings is 1. The van der Waals surface area contributed by atoms with Crippen molar-refractivity contribution < 1.29 is 4.79 Å². The van der Waals surface area contributed by atoms with Crippen LogP contribution in [0.2, 0.25) is 0 Å². The molecule has 0 spiro atoms. The molecule has 1 aromatic carbocycles. The Bertz CT molecular complexity index is 504. The van der Waals surface area contributed by atoms with Crippen molar-refractivity contribution in [2.45, 2.75) is 0 Å². The molecule has 5 heteroatoms. The minimum atomic E-state index is 0.0745. The van der Waals surface area contributed by atoms with Gasteiger partial charge in [-0.2, -0.15) is 0 Å². The Balaban J connectivity index is 1.96. The Kier molecular flexibility index (Phi) is 2.25. The van der Waals surface area contributed by atoms with E-state index in [0.29, 0.717) is 13.1 Å². The maximum atomic E-state index is 11.3. The first-order valence-electron chi connectivity index (χ1n) is 5.20. The molecule has 1 saturated heterocycles. The number of rotatable bonds is 1. The molecule has 1 amide bonds. The maximum absolute atomic E-state index is 11.3. The molecule has 0 aliphatic carbocycles. The lowest BCUT2D eigenvalue weighted by molar-refractivity contribution is -0.120. The highest BCUT2D eigenvalue weighted by Gasteiger charge is 2.19. The summed E-state index contributed by atoms with van der Waals surface area (Å²) in [6, 6.07) is 8.04. The number of thiazole rings is 1. The Hall–Kier alpha value is -1.62. The summed E-state index contributed by atoms with van der Waals surface area (Å²) in [4.78, 5) is 17.9. The van der Waals surface area contributed by atoms with E-state index in [1.54, 1.807) is 11.3 Å². The van der Waals surface area contributed by atoms with E-state index in [1.165, 1.54) is 4.70 Å². The second-order valence-electron chi connectivity index (χ2n) is 3.74. The highest BCUT2D eigenvalue weighted by molar-refractivity contribution is 7.22. The molecular formula is C11H11N3OS. The van der Waals surface area contributed by atoms with Crippen LogP contribution in [-0.2, 0) is 4.79 Å². The van der Waals surface area contributed by atoms with Gasteiger partial charge in [0.1, 0.15) is 0 Å². The second-order valence-corrected chi connectivity index (χ2v) is 4.74. The molecule has 0 unspecified atom stereocenters. The zero-order valence-corrected chi connectivity index (χ0v) is 9.46. The minimum Gasteiger partial charge on any atom is -0.353 e. The molecular weight excluding hydrogens is 222 g/mol. The third-order valence-electron chi connectivity index (χ3n) is 2.59. The van der Waals surface area contributed by atoms with E-state index in [9.17, 15) is 4.79 Å². The van der Waals surface area contributed by atoms with Gasteiger partial charge in [0, 0.05) is 13.1 Å². The number of benzene rings is 1. The number of carbonyl (C=O) groups is 1. The first kappa shape index (κ1) is 9.59. The van der Waals surface area contributed by atoms with Crippen molar-refractivity contribution in [2.75, 3.05) is 24.5 Å². The number of aromatic nitrogens is 1. The van der Waals surface area contributed by atoms with Crippen LogP contribution in [0.25, 0.3) is 10.2 Å². The number of fused-ring (bicyclic) bond motifs is 1. The average molecular weight is 233 g/mol. The molecule has 3 rings (SSSR count). The summed E-state index contributed by atoms with van der Waals surface area (Å²) in [5, 5.41) is 3.75. The lowest BCUT2D eigenvalue weighted by atomic mass is 10.3. The van der Waals surface area contributed by atoms with Gasteiger partial charge in [-0.05, 0) is 12.1 Å². The van der Waals surface area contributed by atoms with Crippen LogP contribution < -0.4 is 10.2 Å². The topological polar surface area (TPSA) is 45.2 Å². The fourth-order valence-corrected chi connectivity index (χ4v) is 2.79. The van der Waals surface area contributed by atoms with Crippen molar-refractivity contribution in [2.24, 2.45) is 0 Å². The van der Waals surface area contributed by atoms with Gasteiger partial charge in [-0.15, -0.1) is 0 Å². The Labute approximate surface area is 96.9 Å². The molecule has 2 heterocycles. The number of hydrogen-bond donors (Lipinski definition) is 1. The van der Waals surface area contributed by atoms with Crippen LogP contribution >= 0.6 is 11.3 Å². The van der Waals surface area contributed by atoms with Crippen molar-refractivity contribution in [3.05, 3.63) is 24.3 Å². The molecule has 0 radical (unpaired) electrons. The van der Waals surface area contributed by atoms with Gasteiger partial charge in [0.25, 0.3) is 0 Å². The molecule has 2 aromatic rings. The molecule has 82 valence electrons. The van der Waals surface area contributed by atoms with Crippen LogP contribution in [0.1, 0.15) is 0 Å². The first-order chi connectivity index (χ1) is 7.83. The monoisotopic (exact) mass is 233 g/mol. The predicted molar refractivity (Wildman–Crippen MR) is 64.8 cm³/mol. The molecule has 1 aromatic heterocycles. The minimum absolute atomic E-state index is 0.0745. The number of nitrogens with one attached hydrogen (secondary N) is 1. The largest absolute Gasteiger partial charge is 0.353 e. The lowest BCUT2D eigenvalue weighted by Crippen LogP contribution is -2.47. The van der Waals surface area contributed by atoms with Crippen molar-refractivity contribution in [3.8, 4) is 0 Å². The molecule has 1 fully saturated rings. The summed E-state index contributed by atoms with van der Waals surface area (Å²) >= 11 is 1.64. The van der Waals surface area contributed by atoms with Gasteiger partial charge in [0.15, 0.2) is 5.13 Å². The predicted octanol–water partition coefficient (Wildman–Crippen LogP) is 1.23. The van der Waals surface area contributed by atoms with Crippen LogP contribution in [0.5, 0.6) is 0 Å². The number of para-hydroxylation sites is 1. The normalized spacial score (nSPS) is 16.5. The van der Waals surface area contributed by atoms with E-state index in [0.717, 1.165) is 17.2 Å². The number of carbonyl (C=O) groups excluding carboxylic acids is 1. The van der Waals surface area contributed by atoms with Gasteiger partial charge in [0.05, 0.1) is 16.8 Å². The second kappa shape index (κ2) is 3.75. The van der Waals surface area contributed by atoms with Gasteiger partial charge in [-0.25, -0.2) is 4.98 Å². The SMILES string of the molecule is O=C1CN(c2nc3ccccc3s2)CCN1. The number of amides is 1. The molecule has 16 heavy (non-hydrogen) atoms. The zero-order valence-electron chi connectivity index (χ0n) is 8.64. The Morgan fingerprint density at radius 3 is 3.06 bits per heavy atom. The Morgan fingerprint density at radius 2 is 2.25 bits per heavy atom. The fraction of sp³-hybridized carbons (Fsp3) is 0.273. The third kappa shape index (κ3) is 1.63. The summed E-state index contributed by atoms with van der Waals surface area (Å²) in [6.07, 6.45) is 0. The summed E-state index contributed by atoms with van der Waals surface area (Å²) in [7, 11) is 0. The number of hydrogen-bond acceptors (Lipinski definition) is 4. The van der Waals surface area contributed by atoms with Crippen molar-refractivity contribution in [1.82, 2.24) is 10.3 Å². The van der Waals surface area contributed by atoms with E-state index in [4.69, 9.17) is 0 Å². The maximum Gasteiger partial charge on any atom is 0.239 e. The van der Waals surface area contributed by atoms with E-state index >= 15 is 0 Å². The van der Waals surface area contributed by atoms with Crippen LogP contribution in [0, 0.1) is 0 Å². The molecule has 0 bridgehead atoms. The number of anilines is 1. The smallest absolute Gasteiger partial charge is 0.239 e. The van der Waals surface area contributed by atoms with Gasteiger partial charge >= 0.3 is 0 Å². The van der Waals surface area contributed by atoms with Gasteiger partial charge in [-0.1, -0.05) is 23.5 Å². The van der Waals surface area contributed by atoms with Gasteiger partial charge in [-0.3, -0.25) is 4.79 Å². The van der Waals surface area contributed by atoms with Crippen LogP contribution in [-0.4, -0.2) is 30.5 Å². The van der Waals surface area contributed by atoms with Gasteiger partial charge < -0.3 is 10.2 Å². The van der Waals surface area contributed by atoms with E-state index < -0.39 is 0 Å². The molecule has 4 nitrogen and oxygen atoms in total. The van der Waals surface area contributed by atoms with Crippen molar-refractivity contribution >= 4 is 32.6 Å². The average Bonchev–Trinajstić information content (AvgIpc) is 2.72. The first-order valence-corrected chi connectivity index (χ1v) is 6.02. The standard InChI is InChI=1S/C11H11N3OS/c15-10-7-14(6-5-12-10)11-13-8-3-1-2-4-9(8)16-11/h1-4H,5-7H2,(H,12,15). The summed E-state index contributed by atoms with van der Waals surface area (Å²) < 4.78 is 1.17. The third-order valence-corrected chi connectivity index (χ3v) is 3.69. The summed E-state index contributed by atoms with van der Waals surface area (Å²) in [5.74, 6) is 0.0745. The van der Waals surface area contributed by atoms with E-state index in [1.807, 2.05) is 23.1 Å². The molecule has 1 aliphatic heterocycles. The molecule has 1 N–H and O–H groups in total. The summed E-state index contributed by atoms with van der Waals surface area (Å²) in [6.45, 7) is 1.96. The molecule has 0 saturated carbocycles. The summed E-state index contributed by atoms with van der Waals surface area (Å²) in [5.41, 5.74) is 1.01. The van der Waals surface area contributed by atoms with Gasteiger partial charge in [0.2, 0.25) is 5.91 Å². The quantitative estimate of drug-likeness (QED) is 0.806. The number of nitrogens with zero attached hydrogens (tertiary/aromatic N) is 2. The fourth-order valence-electron chi connectivity index (χ4n) is 1.80.